The molecule has 0 radical (unpaired) electrons. The number of hydrogen-bond donors (Lipinski definition) is 0. The molecule has 0 aromatic heterocycles. The van der Waals surface area contributed by atoms with Crippen LogP contribution in [0, 0.1) is 0 Å². The molecule has 2 nitrogen and oxygen atoms in total. The SMILES string of the molecule is CC1=CN(CBr)CO1. The van der Waals surface area contributed by atoms with Crippen molar-refractivity contribution in [2.24, 2.45) is 0 Å². The maximum absolute atomic E-state index is 5.11. The molecule has 46 valence electrons. The second kappa shape index (κ2) is 2.40. The molecule has 0 fully saturated rings. The van der Waals surface area contributed by atoms with Crippen LogP contribution in [0.5, 0.6) is 0 Å². The fraction of sp³-hybridized carbons (Fsp3) is 0.600. The molecule has 1 aliphatic heterocycles. The molecule has 0 N–H and O–H groups in total. The van der Waals surface area contributed by atoms with Gasteiger partial charge in [-0.25, -0.2) is 0 Å². The van der Waals surface area contributed by atoms with Gasteiger partial charge in [0.25, 0.3) is 0 Å². The molecule has 0 aromatic carbocycles. The van der Waals surface area contributed by atoms with Gasteiger partial charge >= 0.3 is 0 Å². The van der Waals surface area contributed by atoms with E-state index in [0.29, 0.717) is 6.73 Å². The van der Waals surface area contributed by atoms with E-state index in [1.807, 2.05) is 18.0 Å². The highest BCUT2D eigenvalue weighted by Crippen LogP contribution is 2.09. The Hall–Kier alpha value is -0.180. The molecule has 0 bridgehead atoms. The monoisotopic (exact) mass is 177 g/mol. The summed E-state index contributed by atoms with van der Waals surface area (Å²) in [6.45, 7) is 2.64. The molecule has 0 aliphatic carbocycles. The molecule has 0 saturated carbocycles. The topological polar surface area (TPSA) is 12.5 Å². The summed E-state index contributed by atoms with van der Waals surface area (Å²) in [6.07, 6.45) is 1.98. The molecule has 1 aliphatic rings. The summed E-state index contributed by atoms with van der Waals surface area (Å²) in [6, 6.07) is 0. The average molecular weight is 178 g/mol. The summed E-state index contributed by atoms with van der Waals surface area (Å²) >= 11 is 3.30. The van der Waals surface area contributed by atoms with E-state index >= 15 is 0 Å². The van der Waals surface area contributed by atoms with Gasteiger partial charge in [-0.1, -0.05) is 15.9 Å². The maximum atomic E-state index is 5.11. The summed E-state index contributed by atoms with van der Waals surface area (Å²) in [5.41, 5.74) is 0.852. The highest BCUT2D eigenvalue weighted by molar-refractivity contribution is 9.09. The van der Waals surface area contributed by atoms with E-state index in [0.717, 1.165) is 11.2 Å². The van der Waals surface area contributed by atoms with E-state index in [9.17, 15) is 0 Å². The minimum Gasteiger partial charge on any atom is -0.476 e. The Bertz CT molecular complexity index is 113. The smallest absolute Gasteiger partial charge is 0.161 e. The van der Waals surface area contributed by atoms with Gasteiger partial charge in [-0.05, 0) is 6.92 Å². The van der Waals surface area contributed by atoms with Crippen LogP contribution in [0.15, 0.2) is 12.0 Å². The predicted octanol–water partition coefficient (Wildman–Crippen LogP) is 1.49. The first-order chi connectivity index (χ1) is 3.83. The number of halogens is 1. The van der Waals surface area contributed by atoms with E-state index < -0.39 is 0 Å². The van der Waals surface area contributed by atoms with Crippen molar-refractivity contribution in [3.05, 3.63) is 12.0 Å². The lowest BCUT2D eigenvalue weighted by Gasteiger charge is -2.06. The zero-order valence-corrected chi connectivity index (χ0v) is 6.31. The van der Waals surface area contributed by atoms with Crippen molar-refractivity contribution in [3.8, 4) is 0 Å². The number of hydrogen-bond acceptors (Lipinski definition) is 2. The molecule has 0 atom stereocenters. The molecule has 3 heteroatoms. The standard InChI is InChI=1S/C5H8BrNO/c1-5-2-7(3-6)4-8-5/h2H,3-4H2,1H3. The first kappa shape index (κ1) is 5.95. The van der Waals surface area contributed by atoms with Gasteiger partial charge in [0.1, 0.15) is 5.76 Å². The van der Waals surface area contributed by atoms with Crippen molar-refractivity contribution in [3.63, 3.8) is 0 Å². The second-order valence-electron chi connectivity index (χ2n) is 1.72. The lowest BCUT2D eigenvalue weighted by Crippen LogP contribution is -2.11. The van der Waals surface area contributed by atoms with E-state index in [-0.39, 0.29) is 0 Å². The number of alkyl halides is 1. The van der Waals surface area contributed by atoms with Crippen LogP contribution in [0.1, 0.15) is 6.92 Å². The van der Waals surface area contributed by atoms with Gasteiger partial charge in [0, 0.05) is 6.20 Å². The van der Waals surface area contributed by atoms with Gasteiger partial charge in [-0.2, -0.15) is 0 Å². The Morgan fingerprint density at radius 3 is 3.00 bits per heavy atom. The first-order valence-corrected chi connectivity index (χ1v) is 3.56. The third-order valence-electron chi connectivity index (χ3n) is 0.976. The number of nitrogens with zero attached hydrogens (tertiary/aromatic N) is 1. The van der Waals surface area contributed by atoms with Crippen molar-refractivity contribution in [1.82, 2.24) is 4.90 Å². The average Bonchev–Trinajstić information content (AvgIpc) is 2.14. The number of ether oxygens (including phenoxy) is 1. The normalized spacial score (nSPS) is 18.2. The van der Waals surface area contributed by atoms with Crippen molar-refractivity contribution in [1.29, 1.82) is 0 Å². The Morgan fingerprint density at radius 2 is 2.75 bits per heavy atom. The first-order valence-electron chi connectivity index (χ1n) is 2.44. The number of rotatable bonds is 1. The molecule has 1 heterocycles. The molecule has 0 aromatic rings. The molecule has 0 spiro atoms. The fourth-order valence-electron chi connectivity index (χ4n) is 0.585. The Morgan fingerprint density at radius 1 is 2.00 bits per heavy atom. The minimum absolute atomic E-state index is 0.692. The van der Waals surface area contributed by atoms with Gasteiger partial charge in [-0.15, -0.1) is 0 Å². The molecular weight excluding hydrogens is 170 g/mol. The van der Waals surface area contributed by atoms with Gasteiger partial charge in [0.2, 0.25) is 0 Å². The van der Waals surface area contributed by atoms with Crippen LogP contribution in [-0.2, 0) is 4.74 Å². The van der Waals surface area contributed by atoms with Crippen LogP contribution < -0.4 is 0 Å². The minimum atomic E-state index is 0.692. The lowest BCUT2D eigenvalue weighted by molar-refractivity contribution is 0.168. The van der Waals surface area contributed by atoms with E-state index in [1.165, 1.54) is 0 Å². The Kier molecular flexibility index (Phi) is 1.78. The van der Waals surface area contributed by atoms with Gasteiger partial charge < -0.3 is 9.64 Å². The highest BCUT2D eigenvalue weighted by atomic mass is 79.9. The second-order valence-corrected chi connectivity index (χ2v) is 2.22. The van der Waals surface area contributed by atoms with E-state index in [2.05, 4.69) is 15.9 Å². The zero-order chi connectivity index (χ0) is 5.98. The quantitative estimate of drug-likeness (QED) is 0.445. The van der Waals surface area contributed by atoms with Crippen molar-refractivity contribution in [2.45, 2.75) is 6.92 Å². The lowest BCUT2D eigenvalue weighted by atomic mass is 10.6. The molecule has 0 amide bonds. The zero-order valence-electron chi connectivity index (χ0n) is 4.72. The summed E-state index contributed by atoms with van der Waals surface area (Å²) in [5, 5.41) is 0. The maximum Gasteiger partial charge on any atom is 0.161 e. The van der Waals surface area contributed by atoms with Crippen LogP contribution in [0.25, 0.3) is 0 Å². The largest absolute Gasteiger partial charge is 0.476 e. The fourth-order valence-corrected chi connectivity index (χ4v) is 0.875. The summed E-state index contributed by atoms with van der Waals surface area (Å²) in [7, 11) is 0. The van der Waals surface area contributed by atoms with Crippen molar-refractivity contribution >= 4 is 15.9 Å². The van der Waals surface area contributed by atoms with E-state index in [1.54, 1.807) is 0 Å². The summed E-state index contributed by atoms with van der Waals surface area (Å²) < 4.78 is 5.11. The molecular formula is C5H8BrNO. The van der Waals surface area contributed by atoms with Crippen LogP contribution in [-0.4, -0.2) is 17.1 Å². The summed E-state index contributed by atoms with van der Waals surface area (Å²) in [4.78, 5) is 2.04. The van der Waals surface area contributed by atoms with Crippen molar-refractivity contribution in [2.75, 3.05) is 12.2 Å². The van der Waals surface area contributed by atoms with Crippen LogP contribution >= 0.6 is 15.9 Å². The van der Waals surface area contributed by atoms with Crippen LogP contribution in [0.2, 0.25) is 0 Å². The third-order valence-corrected chi connectivity index (χ3v) is 1.62. The summed E-state index contributed by atoms with van der Waals surface area (Å²) in [5.74, 6) is 0.990. The molecule has 8 heavy (non-hydrogen) atoms. The predicted molar refractivity (Wildman–Crippen MR) is 35.3 cm³/mol. The van der Waals surface area contributed by atoms with Crippen molar-refractivity contribution < 1.29 is 4.74 Å². The van der Waals surface area contributed by atoms with Crippen LogP contribution in [0.4, 0.5) is 0 Å². The molecule has 0 unspecified atom stereocenters. The third kappa shape index (κ3) is 1.15. The van der Waals surface area contributed by atoms with Crippen LogP contribution in [0.3, 0.4) is 0 Å². The van der Waals surface area contributed by atoms with Gasteiger partial charge in [-0.3, -0.25) is 0 Å². The highest BCUT2D eigenvalue weighted by Gasteiger charge is 2.05. The van der Waals surface area contributed by atoms with Gasteiger partial charge in [0.05, 0.1) is 5.45 Å². The Labute approximate surface area is 57.2 Å². The van der Waals surface area contributed by atoms with Gasteiger partial charge in [0.15, 0.2) is 6.73 Å². The van der Waals surface area contributed by atoms with E-state index in [4.69, 9.17) is 4.74 Å². The molecule has 1 rings (SSSR count). The Balaban J connectivity index is 2.41. The molecule has 0 saturated heterocycles. The number of allylic oxidation sites excluding steroid dienone is 1.